The third-order valence-electron chi connectivity index (χ3n) is 5.68. The van der Waals surface area contributed by atoms with Crippen LogP contribution >= 0.6 is 11.3 Å². The molecule has 0 unspecified atom stereocenters. The predicted molar refractivity (Wildman–Crippen MR) is 109 cm³/mol. The molecule has 0 radical (unpaired) electrons. The van der Waals surface area contributed by atoms with E-state index in [1.165, 1.54) is 11.3 Å². The van der Waals surface area contributed by atoms with Crippen molar-refractivity contribution in [1.29, 1.82) is 0 Å². The molecule has 4 rings (SSSR count). The summed E-state index contributed by atoms with van der Waals surface area (Å²) in [5, 5.41) is 5.03. The second kappa shape index (κ2) is 7.59. The summed E-state index contributed by atoms with van der Waals surface area (Å²) in [4.78, 5) is 43.7. The Morgan fingerprint density at radius 1 is 1.34 bits per heavy atom. The normalized spacial score (nSPS) is 22.6. The lowest BCUT2D eigenvalue weighted by atomic mass is 9.84. The summed E-state index contributed by atoms with van der Waals surface area (Å²) in [6.45, 7) is 4.02. The number of hydrogen-bond acceptors (Lipinski definition) is 6. The molecular weight excluding hydrogens is 390 g/mol. The summed E-state index contributed by atoms with van der Waals surface area (Å²) in [6, 6.07) is 4.97. The van der Waals surface area contributed by atoms with Gasteiger partial charge in [-0.25, -0.2) is 4.98 Å². The Labute approximate surface area is 173 Å². The Bertz CT molecular complexity index is 959. The molecule has 2 aliphatic rings. The predicted octanol–water partition coefficient (Wildman–Crippen LogP) is 3.20. The topological polar surface area (TPSA) is 88.6 Å². The van der Waals surface area contributed by atoms with E-state index in [0.717, 1.165) is 5.56 Å². The molecule has 2 atom stereocenters. The second-order valence-corrected chi connectivity index (χ2v) is 8.62. The average Bonchev–Trinajstić information content (AvgIpc) is 3.14. The molecule has 3 heterocycles. The van der Waals surface area contributed by atoms with E-state index in [4.69, 9.17) is 4.74 Å². The first kappa shape index (κ1) is 19.6. The van der Waals surface area contributed by atoms with Gasteiger partial charge in [0, 0.05) is 31.0 Å². The molecular formula is C21H23N3O4S. The molecule has 1 fully saturated rings. The van der Waals surface area contributed by atoms with Crippen molar-refractivity contribution >= 4 is 34.1 Å². The maximum Gasteiger partial charge on any atom is 0.248 e. The van der Waals surface area contributed by atoms with E-state index in [1.807, 2.05) is 25.1 Å². The van der Waals surface area contributed by atoms with Crippen molar-refractivity contribution < 1.29 is 19.1 Å². The molecule has 7 nitrogen and oxygen atoms in total. The van der Waals surface area contributed by atoms with Gasteiger partial charge in [0.25, 0.3) is 0 Å². The summed E-state index contributed by atoms with van der Waals surface area (Å²) in [7, 11) is 0. The number of nitrogens with one attached hydrogen (secondary N) is 1. The van der Waals surface area contributed by atoms with Crippen LogP contribution in [0.3, 0.4) is 0 Å². The molecule has 1 aromatic heterocycles. The zero-order valence-corrected chi connectivity index (χ0v) is 17.3. The largest absolute Gasteiger partial charge is 0.486 e. The van der Waals surface area contributed by atoms with E-state index in [0.29, 0.717) is 35.8 Å². The molecule has 2 aliphatic heterocycles. The molecule has 2 aromatic rings. The molecule has 1 N–H and O–H groups in total. The molecule has 1 saturated heterocycles. The van der Waals surface area contributed by atoms with Gasteiger partial charge in [0.1, 0.15) is 17.4 Å². The zero-order chi connectivity index (χ0) is 20.6. The number of hydrogen-bond donors (Lipinski definition) is 1. The molecule has 0 aliphatic carbocycles. The maximum absolute atomic E-state index is 12.8. The van der Waals surface area contributed by atoms with Gasteiger partial charge >= 0.3 is 0 Å². The van der Waals surface area contributed by atoms with Gasteiger partial charge in [0.05, 0.1) is 12.0 Å². The summed E-state index contributed by atoms with van der Waals surface area (Å²) in [5.74, 6) is 0.257. The number of amides is 2. The molecule has 8 heteroatoms. The summed E-state index contributed by atoms with van der Waals surface area (Å²) < 4.78 is 6.28. The number of nitrogens with zero attached hydrogens (tertiary/aromatic N) is 2. The van der Waals surface area contributed by atoms with Crippen LogP contribution in [0.1, 0.15) is 48.5 Å². The number of carbonyl (C=O) groups is 3. The van der Waals surface area contributed by atoms with Crippen LogP contribution in [0.25, 0.3) is 0 Å². The van der Waals surface area contributed by atoms with E-state index in [1.54, 1.807) is 23.4 Å². The fourth-order valence-electron chi connectivity index (χ4n) is 3.99. The zero-order valence-electron chi connectivity index (χ0n) is 16.4. The number of aromatic nitrogens is 1. The van der Waals surface area contributed by atoms with Crippen molar-refractivity contribution in [2.45, 2.75) is 51.2 Å². The van der Waals surface area contributed by atoms with E-state index >= 15 is 0 Å². The van der Waals surface area contributed by atoms with Gasteiger partial charge in [0.2, 0.25) is 11.8 Å². The number of anilines is 1. The first-order valence-electron chi connectivity index (χ1n) is 9.70. The van der Waals surface area contributed by atoms with Gasteiger partial charge in [-0.3, -0.25) is 14.4 Å². The van der Waals surface area contributed by atoms with Crippen molar-refractivity contribution in [2.75, 3.05) is 11.9 Å². The van der Waals surface area contributed by atoms with E-state index < -0.39 is 11.6 Å². The number of benzene rings is 1. The van der Waals surface area contributed by atoms with Gasteiger partial charge in [-0.1, -0.05) is 11.6 Å². The number of ketones is 1. The highest BCUT2D eigenvalue weighted by Gasteiger charge is 2.44. The highest BCUT2D eigenvalue weighted by molar-refractivity contribution is 7.13. The van der Waals surface area contributed by atoms with Crippen LogP contribution in [-0.4, -0.2) is 45.7 Å². The minimum atomic E-state index is -0.699. The van der Waals surface area contributed by atoms with Gasteiger partial charge in [-0.15, -0.1) is 11.3 Å². The Morgan fingerprint density at radius 2 is 2.17 bits per heavy atom. The van der Waals surface area contributed by atoms with Crippen LogP contribution in [0.4, 0.5) is 5.13 Å². The quantitative estimate of drug-likeness (QED) is 0.835. The smallest absolute Gasteiger partial charge is 0.248 e. The van der Waals surface area contributed by atoms with Crippen LogP contribution < -0.4 is 10.1 Å². The number of carbonyl (C=O) groups excluding carboxylic acids is 3. The Morgan fingerprint density at radius 3 is 2.93 bits per heavy atom. The fraction of sp³-hybridized carbons (Fsp3) is 0.429. The molecule has 152 valence electrons. The lowest BCUT2D eigenvalue weighted by Gasteiger charge is -2.37. The number of aryl methyl sites for hydroxylation is 1. The average molecular weight is 413 g/mol. The molecule has 0 bridgehead atoms. The van der Waals surface area contributed by atoms with Gasteiger partial charge in [-0.2, -0.15) is 0 Å². The molecule has 2 amide bonds. The van der Waals surface area contributed by atoms with Crippen LogP contribution in [-0.2, 0) is 9.59 Å². The van der Waals surface area contributed by atoms with E-state index in [9.17, 15) is 14.4 Å². The minimum absolute atomic E-state index is 0.0467. The number of rotatable bonds is 3. The van der Waals surface area contributed by atoms with Crippen molar-refractivity contribution in [3.05, 3.63) is 40.9 Å². The monoisotopic (exact) mass is 413 g/mol. The molecule has 1 aromatic carbocycles. The van der Waals surface area contributed by atoms with Crippen molar-refractivity contribution in [1.82, 2.24) is 9.88 Å². The lowest BCUT2D eigenvalue weighted by molar-refractivity contribution is -0.137. The van der Waals surface area contributed by atoms with Crippen LogP contribution in [0, 0.1) is 6.92 Å². The first-order chi connectivity index (χ1) is 13.9. The summed E-state index contributed by atoms with van der Waals surface area (Å²) >= 11 is 1.33. The molecule has 29 heavy (non-hydrogen) atoms. The fourth-order valence-corrected chi connectivity index (χ4v) is 4.52. The number of thiazole rings is 1. The SMILES string of the molecule is Cc1ccc2c(c1)C(=O)C[C@@]1(CCC(=O)N([C@@H](C)C(=O)Nc3nccs3)CC1)O2. The second-order valence-electron chi connectivity index (χ2n) is 7.72. The highest BCUT2D eigenvalue weighted by atomic mass is 32.1. The van der Waals surface area contributed by atoms with E-state index in [2.05, 4.69) is 10.3 Å². The summed E-state index contributed by atoms with van der Waals surface area (Å²) in [6.07, 6.45) is 3.07. The summed E-state index contributed by atoms with van der Waals surface area (Å²) in [5.41, 5.74) is 0.924. The van der Waals surface area contributed by atoms with E-state index in [-0.39, 0.29) is 30.4 Å². The number of fused-ring (bicyclic) bond motifs is 1. The van der Waals surface area contributed by atoms with Gasteiger partial charge < -0.3 is 15.0 Å². The third-order valence-corrected chi connectivity index (χ3v) is 6.37. The van der Waals surface area contributed by atoms with Crippen molar-refractivity contribution in [3.63, 3.8) is 0 Å². The number of likely N-dealkylation sites (tertiary alicyclic amines) is 1. The standard InChI is InChI=1S/C21H23N3O4S/c1-13-3-4-17-15(11-13)16(25)12-21(28-17)6-5-18(26)24(9-7-21)14(2)19(27)23-20-22-8-10-29-20/h3-4,8,10-11,14H,5-7,9,12H2,1-2H3,(H,22,23,27)/t14-,21-/m0/s1. The Hall–Kier alpha value is -2.74. The number of Topliss-reactive ketones (excluding diaryl/α,β-unsaturated/α-hetero) is 1. The minimum Gasteiger partial charge on any atom is -0.486 e. The Balaban J connectivity index is 1.49. The van der Waals surface area contributed by atoms with Crippen LogP contribution in [0.15, 0.2) is 29.8 Å². The maximum atomic E-state index is 12.8. The van der Waals surface area contributed by atoms with Gasteiger partial charge in [-0.05, 0) is 32.4 Å². The third kappa shape index (κ3) is 3.89. The van der Waals surface area contributed by atoms with Gasteiger partial charge in [0.15, 0.2) is 10.9 Å². The first-order valence-corrected chi connectivity index (χ1v) is 10.6. The number of ether oxygens (including phenoxy) is 1. The van der Waals surface area contributed by atoms with Crippen molar-refractivity contribution in [3.8, 4) is 5.75 Å². The van der Waals surface area contributed by atoms with Crippen molar-refractivity contribution in [2.24, 2.45) is 0 Å². The molecule has 1 spiro atoms. The van der Waals surface area contributed by atoms with Crippen LogP contribution in [0.2, 0.25) is 0 Å². The highest BCUT2D eigenvalue weighted by Crippen LogP contribution is 2.40. The Kier molecular flexibility index (Phi) is 5.12. The lowest BCUT2D eigenvalue weighted by Crippen LogP contribution is -2.46. The molecule has 0 saturated carbocycles. The van der Waals surface area contributed by atoms with Crippen LogP contribution in [0.5, 0.6) is 5.75 Å².